The van der Waals surface area contributed by atoms with Crippen molar-refractivity contribution in [3.8, 4) is 0 Å². The molecule has 0 amide bonds. The molecule has 0 unspecified atom stereocenters. The fourth-order valence-electron chi connectivity index (χ4n) is 2.75. The summed E-state index contributed by atoms with van der Waals surface area (Å²) in [5.74, 6) is -1.27. The Morgan fingerprint density at radius 2 is 1.35 bits per heavy atom. The summed E-state index contributed by atoms with van der Waals surface area (Å²) in [7, 11) is 0. The number of fused-ring (bicyclic) bond motifs is 2. The van der Waals surface area contributed by atoms with Crippen molar-refractivity contribution in [2.24, 2.45) is 5.92 Å². The van der Waals surface area contributed by atoms with E-state index in [1.54, 1.807) is 9.13 Å². The van der Waals surface area contributed by atoms with E-state index in [0.717, 1.165) is 0 Å². The number of anilines is 2. The van der Waals surface area contributed by atoms with Crippen molar-refractivity contribution in [1.29, 1.82) is 0 Å². The number of nitrogen functional groups attached to an aromatic ring is 2. The molecule has 4 rings (SSSR count). The number of aliphatic carboxylic acids is 1. The highest BCUT2D eigenvalue weighted by atomic mass is 16.4. The van der Waals surface area contributed by atoms with Crippen LogP contribution in [0.25, 0.3) is 22.3 Å². The van der Waals surface area contributed by atoms with Gasteiger partial charge in [-0.1, -0.05) is 0 Å². The van der Waals surface area contributed by atoms with Gasteiger partial charge in [-0.15, -0.1) is 0 Å². The van der Waals surface area contributed by atoms with E-state index in [9.17, 15) is 9.90 Å². The first-order chi connectivity index (χ1) is 12.5. The number of hydrogen-bond donors (Lipinski definition) is 3. The van der Waals surface area contributed by atoms with Gasteiger partial charge < -0.3 is 25.7 Å². The molecule has 4 aromatic heterocycles. The van der Waals surface area contributed by atoms with Gasteiger partial charge in [-0.25, -0.2) is 29.9 Å². The maximum absolute atomic E-state index is 11.8. The number of carboxylic acid groups (broad SMARTS) is 1. The van der Waals surface area contributed by atoms with Crippen LogP contribution in [0.3, 0.4) is 0 Å². The van der Waals surface area contributed by atoms with Crippen molar-refractivity contribution in [2.45, 2.75) is 13.1 Å². The maximum atomic E-state index is 11.8. The molecule has 0 aliphatic rings. The van der Waals surface area contributed by atoms with Crippen LogP contribution >= 0.6 is 0 Å². The van der Waals surface area contributed by atoms with Crippen molar-refractivity contribution in [3.05, 3.63) is 25.3 Å². The number of rotatable bonds is 5. The van der Waals surface area contributed by atoms with Crippen LogP contribution in [0.4, 0.5) is 11.6 Å². The first-order valence-corrected chi connectivity index (χ1v) is 7.60. The van der Waals surface area contributed by atoms with Gasteiger partial charge in [0.1, 0.15) is 23.7 Å². The zero-order valence-electron chi connectivity index (χ0n) is 13.4. The number of hydrogen-bond acceptors (Lipinski definition) is 9. The summed E-state index contributed by atoms with van der Waals surface area (Å²) >= 11 is 0. The fourth-order valence-corrected chi connectivity index (χ4v) is 2.75. The predicted octanol–water partition coefficient (Wildman–Crippen LogP) is -0.469. The van der Waals surface area contributed by atoms with Gasteiger partial charge in [0, 0.05) is 13.1 Å². The molecule has 12 nitrogen and oxygen atoms in total. The summed E-state index contributed by atoms with van der Waals surface area (Å²) in [6.07, 6.45) is 5.62. The third kappa shape index (κ3) is 2.53. The number of carboxylic acids is 1. The zero-order chi connectivity index (χ0) is 18.3. The van der Waals surface area contributed by atoms with Crippen LogP contribution in [0.1, 0.15) is 0 Å². The molecule has 0 bridgehead atoms. The molecule has 0 saturated heterocycles. The number of aromatic nitrogens is 8. The number of imidazole rings is 2. The van der Waals surface area contributed by atoms with Crippen LogP contribution in [0.15, 0.2) is 25.3 Å². The normalized spacial score (nSPS) is 11.6. The minimum absolute atomic E-state index is 0.141. The summed E-state index contributed by atoms with van der Waals surface area (Å²) in [5.41, 5.74) is 13.4. The minimum Gasteiger partial charge on any atom is -0.481 e. The fraction of sp³-hybridized carbons (Fsp3) is 0.214. The second-order valence-corrected chi connectivity index (χ2v) is 5.69. The van der Waals surface area contributed by atoms with E-state index in [4.69, 9.17) is 11.5 Å². The Morgan fingerprint density at radius 3 is 1.77 bits per heavy atom. The average Bonchev–Trinajstić information content (AvgIpc) is 3.21. The smallest absolute Gasteiger partial charge is 0.310 e. The topological polar surface area (TPSA) is 177 Å². The highest BCUT2D eigenvalue weighted by molar-refractivity contribution is 5.82. The molecular formula is C14H14N10O2. The van der Waals surface area contributed by atoms with Gasteiger partial charge in [0.2, 0.25) is 0 Å². The van der Waals surface area contributed by atoms with Crippen molar-refractivity contribution in [3.63, 3.8) is 0 Å². The third-order valence-corrected chi connectivity index (χ3v) is 4.04. The first-order valence-electron chi connectivity index (χ1n) is 7.60. The highest BCUT2D eigenvalue weighted by Gasteiger charge is 2.22. The maximum Gasteiger partial charge on any atom is 0.310 e. The van der Waals surface area contributed by atoms with Crippen molar-refractivity contribution >= 4 is 39.9 Å². The molecule has 0 saturated carbocycles. The Hall–Kier alpha value is -3.83. The molecule has 4 aromatic rings. The van der Waals surface area contributed by atoms with E-state index in [2.05, 4.69) is 29.9 Å². The second-order valence-electron chi connectivity index (χ2n) is 5.69. The number of nitrogens with two attached hydrogens (primary N) is 2. The average molecular weight is 354 g/mol. The largest absolute Gasteiger partial charge is 0.481 e. The quantitative estimate of drug-likeness (QED) is 0.424. The van der Waals surface area contributed by atoms with E-state index in [0.29, 0.717) is 22.3 Å². The minimum atomic E-state index is -0.974. The molecular weight excluding hydrogens is 340 g/mol. The molecule has 0 radical (unpaired) electrons. The van der Waals surface area contributed by atoms with E-state index in [-0.39, 0.29) is 24.7 Å². The van der Waals surface area contributed by atoms with E-state index in [1.807, 2.05) is 0 Å². The summed E-state index contributed by atoms with van der Waals surface area (Å²) in [6.45, 7) is 0.283. The lowest BCUT2D eigenvalue weighted by Gasteiger charge is -2.14. The van der Waals surface area contributed by atoms with Crippen LogP contribution in [0.5, 0.6) is 0 Å². The van der Waals surface area contributed by atoms with Gasteiger partial charge >= 0.3 is 5.97 Å². The Morgan fingerprint density at radius 1 is 0.885 bits per heavy atom. The van der Waals surface area contributed by atoms with Gasteiger partial charge in [-0.3, -0.25) is 4.79 Å². The van der Waals surface area contributed by atoms with Gasteiger partial charge in [-0.2, -0.15) is 0 Å². The molecule has 4 heterocycles. The molecule has 0 aromatic carbocycles. The molecule has 12 heteroatoms. The molecule has 0 aliphatic carbocycles. The lowest BCUT2D eigenvalue weighted by Crippen LogP contribution is -2.25. The summed E-state index contributed by atoms with van der Waals surface area (Å²) < 4.78 is 3.27. The molecule has 0 atom stereocenters. The Labute approximate surface area is 145 Å². The van der Waals surface area contributed by atoms with Crippen LogP contribution < -0.4 is 11.5 Å². The lowest BCUT2D eigenvalue weighted by atomic mass is 10.1. The van der Waals surface area contributed by atoms with E-state index >= 15 is 0 Å². The molecule has 26 heavy (non-hydrogen) atoms. The Kier molecular flexibility index (Phi) is 3.57. The van der Waals surface area contributed by atoms with Gasteiger partial charge in [0.15, 0.2) is 22.9 Å². The lowest BCUT2D eigenvalue weighted by molar-refractivity contribution is -0.142. The molecule has 5 N–H and O–H groups in total. The summed E-state index contributed by atoms with van der Waals surface area (Å²) in [5, 5.41) is 9.64. The highest BCUT2D eigenvalue weighted by Crippen LogP contribution is 2.19. The second kappa shape index (κ2) is 5.91. The van der Waals surface area contributed by atoms with Crippen LogP contribution in [-0.4, -0.2) is 50.1 Å². The van der Waals surface area contributed by atoms with Gasteiger partial charge in [0.25, 0.3) is 0 Å². The first kappa shape index (κ1) is 15.7. The van der Waals surface area contributed by atoms with Crippen LogP contribution in [0, 0.1) is 5.92 Å². The standard InChI is InChI=1S/C14H14N10O2/c15-10-8-12(19-3-17-10)23(5-21-8)1-7(14(25)26)2-24-6-22-9-11(16)18-4-20-13(9)24/h3-7H,1-2H2,(H,25,26)(H2,15,17,19)(H2,16,18,20). The van der Waals surface area contributed by atoms with Crippen LogP contribution in [0.2, 0.25) is 0 Å². The molecule has 132 valence electrons. The Balaban J connectivity index is 1.66. The summed E-state index contributed by atoms with van der Waals surface area (Å²) in [6, 6.07) is 0. The van der Waals surface area contributed by atoms with Gasteiger partial charge in [-0.05, 0) is 0 Å². The zero-order valence-corrected chi connectivity index (χ0v) is 13.4. The SMILES string of the molecule is Nc1ncnc2c1ncn2CC(Cn1cnc2c(N)ncnc21)C(=O)O. The predicted molar refractivity (Wildman–Crippen MR) is 90.6 cm³/mol. The van der Waals surface area contributed by atoms with Crippen molar-refractivity contribution < 1.29 is 9.90 Å². The third-order valence-electron chi connectivity index (χ3n) is 4.04. The molecule has 0 fully saturated rings. The van der Waals surface area contributed by atoms with Crippen LogP contribution in [-0.2, 0) is 17.9 Å². The van der Waals surface area contributed by atoms with Crippen molar-refractivity contribution in [2.75, 3.05) is 11.5 Å². The van der Waals surface area contributed by atoms with Gasteiger partial charge in [0.05, 0.1) is 18.6 Å². The number of carbonyl (C=O) groups is 1. The van der Waals surface area contributed by atoms with Crippen molar-refractivity contribution in [1.82, 2.24) is 39.0 Å². The molecule has 0 aliphatic heterocycles. The molecule has 0 spiro atoms. The van der Waals surface area contributed by atoms with E-state index < -0.39 is 11.9 Å². The monoisotopic (exact) mass is 354 g/mol. The Bertz CT molecular complexity index is 1040. The van der Waals surface area contributed by atoms with E-state index in [1.165, 1.54) is 25.3 Å². The number of nitrogens with zero attached hydrogens (tertiary/aromatic N) is 8. The summed E-state index contributed by atoms with van der Waals surface area (Å²) in [4.78, 5) is 36.1.